The van der Waals surface area contributed by atoms with Gasteiger partial charge >= 0.3 is 0 Å². The van der Waals surface area contributed by atoms with Crippen LogP contribution in [0.2, 0.25) is 0 Å². The number of rotatable bonds is 7. The molecule has 0 aromatic carbocycles. The van der Waals surface area contributed by atoms with Crippen molar-refractivity contribution in [1.82, 2.24) is 5.32 Å². The van der Waals surface area contributed by atoms with Gasteiger partial charge in [0.15, 0.2) is 0 Å². The molecule has 1 rings (SSSR count). The third-order valence-corrected chi connectivity index (χ3v) is 2.92. The molecule has 96 valence electrons. The first-order valence-corrected chi connectivity index (χ1v) is 6.01. The summed E-state index contributed by atoms with van der Waals surface area (Å²) < 4.78 is 4.93. The molecule has 0 aliphatic rings. The quantitative estimate of drug-likeness (QED) is 0.764. The van der Waals surface area contributed by atoms with Crippen LogP contribution in [-0.2, 0) is 11.3 Å². The Balaban J connectivity index is 2.21. The van der Waals surface area contributed by atoms with Crippen molar-refractivity contribution in [3.8, 4) is 0 Å². The van der Waals surface area contributed by atoms with Crippen LogP contribution in [0.25, 0.3) is 0 Å². The van der Waals surface area contributed by atoms with Gasteiger partial charge < -0.3 is 15.5 Å². The summed E-state index contributed by atoms with van der Waals surface area (Å²) in [6.45, 7) is 5.49. The fourth-order valence-corrected chi connectivity index (χ4v) is 1.65. The van der Waals surface area contributed by atoms with E-state index in [0.717, 1.165) is 18.4 Å². The summed E-state index contributed by atoms with van der Waals surface area (Å²) in [5.74, 6) is 0.0799. The molecule has 0 fully saturated rings. The molecule has 3 N–H and O–H groups in total. The lowest BCUT2D eigenvalue weighted by Gasteiger charge is -2.23. The molecule has 0 atom stereocenters. The minimum atomic E-state index is 0.0799. The van der Waals surface area contributed by atoms with Crippen LogP contribution in [0.5, 0.6) is 0 Å². The van der Waals surface area contributed by atoms with E-state index in [9.17, 15) is 4.79 Å². The average Bonchev–Trinajstić information content (AvgIpc) is 2.76. The van der Waals surface area contributed by atoms with Gasteiger partial charge in [0.25, 0.3) is 0 Å². The third kappa shape index (κ3) is 5.54. The molecule has 1 aromatic rings. The summed E-state index contributed by atoms with van der Waals surface area (Å²) in [7, 11) is 0. The molecule has 0 radical (unpaired) electrons. The van der Waals surface area contributed by atoms with Crippen molar-refractivity contribution in [2.24, 2.45) is 11.1 Å². The number of carbonyl (C=O) groups is 1. The van der Waals surface area contributed by atoms with Gasteiger partial charge in [-0.1, -0.05) is 13.8 Å². The monoisotopic (exact) mass is 238 g/mol. The van der Waals surface area contributed by atoms with Gasteiger partial charge in [0.1, 0.15) is 0 Å². The zero-order chi connectivity index (χ0) is 12.7. The number of nitrogens with one attached hydrogen (secondary N) is 1. The van der Waals surface area contributed by atoms with Crippen molar-refractivity contribution in [1.29, 1.82) is 0 Å². The van der Waals surface area contributed by atoms with Crippen molar-refractivity contribution in [3.05, 3.63) is 24.2 Å². The van der Waals surface area contributed by atoms with Gasteiger partial charge in [-0.2, -0.15) is 0 Å². The Labute approximate surface area is 103 Å². The maximum atomic E-state index is 11.6. The molecule has 0 saturated heterocycles. The number of hydrogen-bond donors (Lipinski definition) is 2. The van der Waals surface area contributed by atoms with Crippen LogP contribution in [0, 0.1) is 5.41 Å². The molecule has 0 aliphatic heterocycles. The van der Waals surface area contributed by atoms with Crippen molar-refractivity contribution >= 4 is 5.91 Å². The molecule has 1 aromatic heterocycles. The van der Waals surface area contributed by atoms with Crippen LogP contribution < -0.4 is 11.1 Å². The second kappa shape index (κ2) is 6.45. The molecule has 0 bridgehead atoms. The summed E-state index contributed by atoms with van der Waals surface area (Å²) in [5.41, 5.74) is 6.66. The highest BCUT2D eigenvalue weighted by Crippen LogP contribution is 2.25. The molecule has 1 heterocycles. The Bertz CT molecular complexity index is 331. The van der Waals surface area contributed by atoms with E-state index in [-0.39, 0.29) is 11.3 Å². The molecule has 1 amide bonds. The fraction of sp³-hybridized carbons (Fsp3) is 0.615. The number of amides is 1. The molecular formula is C13H22N2O2. The minimum Gasteiger partial charge on any atom is -0.472 e. The second-order valence-electron chi connectivity index (χ2n) is 5.11. The van der Waals surface area contributed by atoms with E-state index in [1.54, 1.807) is 12.5 Å². The van der Waals surface area contributed by atoms with Crippen LogP contribution in [0.1, 0.15) is 38.7 Å². The first-order chi connectivity index (χ1) is 8.03. The molecule has 0 spiro atoms. The minimum absolute atomic E-state index is 0.0799. The van der Waals surface area contributed by atoms with E-state index in [1.165, 1.54) is 0 Å². The molecule has 0 saturated carbocycles. The van der Waals surface area contributed by atoms with Gasteiger partial charge in [-0.3, -0.25) is 4.79 Å². The Morgan fingerprint density at radius 3 is 2.82 bits per heavy atom. The van der Waals surface area contributed by atoms with Crippen LogP contribution in [0.3, 0.4) is 0 Å². The van der Waals surface area contributed by atoms with E-state index in [2.05, 4.69) is 19.2 Å². The van der Waals surface area contributed by atoms with Crippen molar-refractivity contribution < 1.29 is 9.21 Å². The van der Waals surface area contributed by atoms with E-state index in [1.807, 2.05) is 6.07 Å². The number of hydrogen-bond acceptors (Lipinski definition) is 3. The fourth-order valence-electron chi connectivity index (χ4n) is 1.65. The van der Waals surface area contributed by atoms with E-state index >= 15 is 0 Å². The first-order valence-electron chi connectivity index (χ1n) is 6.01. The summed E-state index contributed by atoms with van der Waals surface area (Å²) in [4.78, 5) is 11.6. The van der Waals surface area contributed by atoms with Gasteiger partial charge in [-0.25, -0.2) is 0 Å². The Hall–Kier alpha value is -1.29. The largest absolute Gasteiger partial charge is 0.472 e. The highest BCUT2D eigenvalue weighted by molar-refractivity contribution is 5.75. The predicted octanol–water partition coefficient (Wildman–Crippen LogP) is 2.05. The van der Waals surface area contributed by atoms with Gasteiger partial charge in [0, 0.05) is 18.5 Å². The summed E-state index contributed by atoms with van der Waals surface area (Å²) in [6.07, 6.45) is 5.60. The number of carbonyl (C=O) groups excluding carboxylic acids is 1. The van der Waals surface area contributed by atoms with Crippen LogP contribution >= 0.6 is 0 Å². The predicted molar refractivity (Wildman–Crippen MR) is 67.2 cm³/mol. The van der Waals surface area contributed by atoms with Gasteiger partial charge in [-0.15, -0.1) is 0 Å². The normalized spacial score (nSPS) is 11.5. The smallest absolute Gasteiger partial charge is 0.220 e. The Morgan fingerprint density at radius 2 is 2.24 bits per heavy atom. The number of furan rings is 1. The Kier molecular flexibility index (Phi) is 5.22. The first kappa shape index (κ1) is 13.8. The lowest BCUT2D eigenvalue weighted by atomic mass is 9.84. The van der Waals surface area contributed by atoms with Crippen LogP contribution in [0.15, 0.2) is 23.0 Å². The van der Waals surface area contributed by atoms with Gasteiger partial charge in [0.05, 0.1) is 12.5 Å². The lowest BCUT2D eigenvalue weighted by Crippen LogP contribution is -2.25. The summed E-state index contributed by atoms with van der Waals surface area (Å²) in [6, 6.07) is 1.85. The van der Waals surface area contributed by atoms with Crippen molar-refractivity contribution in [2.45, 2.75) is 39.7 Å². The zero-order valence-electron chi connectivity index (χ0n) is 10.7. The van der Waals surface area contributed by atoms with Crippen LogP contribution in [-0.4, -0.2) is 12.5 Å². The van der Waals surface area contributed by atoms with Gasteiger partial charge in [0.2, 0.25) is 5.91 Å². The van der Waals surface area contributed by atoms with E-state index in [4.69, 9.17) is 10.2 Å². The summed E-state index contributed by atoms with van der Waals surface area (Å²) >= 11 is 0. The summed E-state index contributed by atoms with van der Waals surface area (Å²) in [5, 5.41) is 2.87. The molecule has 4 nitrogen and oxygen atoms in total. The highest BCUT2D eigenvalue weighted by atomic mass is 16.3. The second-order valence-corrected chi connectivity index (χ2v) is 5.11. The molecular weight excluding hydrogens is 216 g/mol. The number of nitrogens with two attached hydrogens (primary N) is 1. The highest BCUT2D eigenvalue weighted by Gasteiger charge is 2.18. The van der Waals surface area contributed by atoms with E-state index in [0.29, 0.717) is 19.5 Å². The Morgan fingerprint density at radius 1 is 1.47 bits per heavy atom. The molecule has 17 heavy (non-hydrogen) atoms. The maximum Gasteiger partial charge on any atom is 0.220 e. The standard InChI is InChI=1S/C13H22N2O2/c1-13(2,6-7-14)5-3-12(16)15-9-11-4-8-17-10-11/h4,8,10H,3,5-7,9,14H2,1-2H3,(H,15,16). The van der Waals surface area contributed by atoms with Crippen LogP contribution in [0.4, 0.5) is 0 Å². The SMILES string of the molecule is CC(C)(CCN)CCC(=O)NCc1ccoc1. The molecule has 4 heteroatoms. The third-order valence-electron chi connectivity index (χ3n) is 2.92. The molecule has 0 aliphatic carbocycles. The van der Waals surface area contributed by atoms with Crippen molar-refractivity contribution in [3.63, 3.8) is 0 Å². The molecule has 0 unspecified atom stereocenters. The maximum absolute atomic E-state index is 11.6. The zero-order valence-corrected chi connectivity index (χ0v) is 10.7. The lowest BCUT2D eigenvalue weighted by molar-refractivity contribution is -0.121. The van der Waals surface area contributed by atoms with E-state index < -0.39 is 0 Å². The average molecular weight is 238 g/mol. The van der Waals surface area contributed by atoms with Gasteiger partial charge in [-0.05, 0) is 30.9 Å². The topological polar surface area (TPSA) is 68.3 Å². The van der Waals surface area contributed by atoms with Crippen molar-refractivity contribution in [2.75, 3.05) is 6.54 Å².